The smallest absolute Gasteiger partial charge is 0.253 e. The lowest BCUT2D eigenvalue weighted by atomic mass is 9.92. The summed E-state index contributed by atoms with van der Waals surface area (Å²) in [5, 5.41) is 0. The van der Waals surface area contributed by atoms with Gasteiger partial charge in [-0.25, -0.2) is 0 Å². The van der Waals surface area contributed by atoms with Gasteiger partial charge in [-0.2, -0.15) is 0 Å². The van der Waals surface area contributed by atoms with Crippen molar-refractivity contribution in [3.63, 3.8) is 0 Å². The van der Waals surface area contributed by atoms with Gasteiger partial charge in [-0.15, -0.1) is 0 Å². The summed E-state index contributed by atoms with van der Waals surface area (Å²) in [6, 6.07) is 5.63. The molecule has 1 fully saturated rings. The minimum Gasteiger partial charge on any atom is -0.338 e. The van der Waals surface area contributed by atoms with Gasteiger partial charge in [0.05, 0.1) is 11.0 Å². The van der Waals surface area contributed by atoms with E-state index in [-0.39, 0.29) is 11.9 Å². The molecule has 1 aromatic heterocycles. The van der Waals surface area contributed by atoms with E-state index in [1.807, 2.05) is 30.0 Å². The van der Waals surface area contributed by atoms with E-state index in [9.17, 15) is 4.79 Å². The minimum absolute atomic E-state index is 0.0629. The first-order valence-electron chi connectivity index (χ1n) is 7.41. The standard InChI is InChI=1S/C16H20N4O/c1-11(17)13-3-2-8-20(10-13)16(21)12-4-5-14-15(9-12)19-7-6-18-14/h4-7,9,11,13H,2-3,8,10,17H2,1H3. The van der Waals surface area contributed by atoms with Gasteiger partial charge in [-0.3, -0.25) is 14.8 Å². The monoisotopic (exact) mass is 284 g/mol. The molecule has 21 heavy (non-hydrogen) atoms. The summed E-state index contributed by atoms with van der Waals surface area (Å²) in [5.41, 5.74) is 8.22. The number of rotatable bonds is 2. The van der Waals surface area contributed by atoms with Crippen molar-refractivity contribution in [2.45, 2.75) is 25.8 Å². The van der Waals surface area contributed by atoms with Crippen LogP contribution in [0.15, 0.2) is 30.6 Å². The summed E-state index contributed by atoms with van der Waals surface area (Å²) < 4.78 is 0. The topological polar surface area (TPSA) is 72.1 Å². The Morgan fingerprint density at radius 1 is 1.33 bits per heavy atom. The molecule has 0 bridgehead atoms. The van der Waals surface area contributed by atoms with Crippen LogP contribution in [0.25, 0.3) is 11.0 Å². The number of nitrogens with zero attached hydrogens (tertiary/aromatic N) is 3. The van der Waals surface area contributed by atoms with Crippen molar-refractivity contribution in [3.05, 3.63) is 36.2 Å². The fraction of sp³-hybridized carbons (Fsp3) is 0.438. The van der Waals surface area contributed by atoms with Crippen molar-refractivity contribution in [1.82, 2.24) is 14.9 Å². The highest BCUT2D eigenvalue weighted by atomic mass is 16.2. The fourth-order valence-corrected chi connectivity index (χ4v) is 2.90. The molecule has 2 heterocycles. The molecule has 3 rings (SSSR count). The molecular weight excluding hydrogens is 264 g/mol. The molecule has 1 aliphatic rings. The van der Waals surface area contributed by atoms with Gasteiger partial charge in [0.1, 0.15) is 0 Å². The lowest BCUT2D eigenvalue weighted by molar-refractivity contribution is 0.0661. The predicted octanol–water partition coefficient (Wildman–Crippen LogP) is 1.83. The second-order valence-electron chi connectivity index (χ2n) is 5.77. The van der Waals surface area contributed by atoms with Crippen LogP contribution in [0.5, 0.6) is 0 Å². The highest BCUT2D eigenvalue weighted by molar-refractivity contribution is 5.97. The number of fused-ring (bicyclic) bond motifs is 1. The number of benzene rings is 1. The average molecular weight is 284 g/mol. The Labute approximate surface area is 124 Å². The first-order valence-corrected chi connectivity index (χ1v) is 7.41. The number of amides is 1. The molecule has 1 amide bonds. The van der Waals surface area contributed by atoms with Crippen LogP contribution < -0.4 is 5.73 Å². The molecule has 0 spiro atoms. The van der Waals surface area contributed by atoms with Gasteiger partial charge >= 0.3 is 0 Å². The molecule has 5 nitrogen and oxygen atoms in total. The van der Waals surface area contributed by atoms with Crippen LogP contribution in [-0.2, 0) is 0 Å². The van der Waals surface area contributed by atoms with Crippen LogP contribution in [-0.4, -0.2) is 39.9 Å². The Morgan fingerprint density at radius 2 is 2.10 bits per heavy atom. The predicted molar refractivity (Wildman–Crippen MR) is 81.8 cm³/mol. The molecule has 1 aromatic carbocycles. The number of piperidine rings is 1. The van der Waals surface area contributed by atoms with Crippen LogP contribution in [0.1, 0.15) is 30.1 Å². The maximum absolute atomic E-state index is 12.6. The highest BCUT2D eigenvalue weighted by Crippen LogP contribution is 2.21. The number of carbonyl (C=O) groups excluding carboxylic acids is 1. The van der Waals surface area contributed by atoms with Gasteiger partial charge in [0.15, 0.2) is 0 Å². The number of hydrogen-bond donors (Lipinski definition) is 1. The number of likely N-dealkylation sites (tertiary alicyclic amines) is 1. The van der Waals surface area contributed by atoms with E-state index in [1.165, 1.54) is 0 Å². The van der Waals surface area contributed by atoms with Crippen LogP contribution in [0, 0.1) is 5.92 Å². The number of hydrogen-bond acceptors (Lipinski definition) is 4. The summed E-state index contributed by atoms with van der Waals surface area (Å²) in [6.07, 6.45) is 5.42. The molecule has 110 valence electrons. The highest BCUT2D eigenvalue weighted by Gasteiger charge is 2.26. The Kier molecular flexibility index (Phi) is 3.84. The second-order valence-corrected chi connectivity index (χ2v) is 5.77. The van der Waals surface area contributed by atoms with Crippen molar-refractivity contribution >= 4 is 16.9 Å². The van der Waals surface area contributed by atoms with Crippen LogP contribution in [0.2, 0.25) is 0 Å². The SMILES string of the molecule is CC(N)C1CCCN(C(=O)c2ccc3nccnc3c2)C1. The first kappa shape index (κ1) is 13.9. The summed E-state index contributed by atoms with van der Waals surface area (Å²) >= 11 is 0. The van der Waals surface area contributed by atoms with Crippen molar-refractivity contribution in [3.8, 4) is 0 Å². The molecule has 0 radical (unpaired) electrons. The third kappa shape index (κ3) is 2.88. The van der Waals surface area contributed by atoms with Gasteiger partial charge in [0.25, 0.3) is 5.91 Å². The minimum atomic E-state index is 0.0629. The quantitative estimate of drug-likeness (QED) is 0.913. The Bertz CT molecular complexity index is 656. The first-order chi connectivity index (χ1) is 10.1. The molecular formula is C16H20N4O. The van der Waals surface area contributed by atoms with E-state index < -0.39 is 0 Å². The molecule has 2 atom stereocenters. The Balaban J connectivity index is 1.82. The lowest BCUT2D eigenvalue weighted by Crippen LogP contribution is -2.45. The van der Waals surface area contributed by atoms with Gasteiger partial charge in [0.2, 0.25) is 0 Å². The molecule has 2 unspecified atom stereocenters. The maximum atomic E-state index is 12.6. The zero-order chi connectivity index (χ0) is 14.8. The zero-order valence-electron chi connectivity index (χ0n) is 12.2. The largest absolute Gasteiger partial charge is 0.338 e. The maximum Gasteiger partial charge on any atom is 0.253 e. The van der Waals surface area contributed by atoms with E-state index >= 15 is 0 Å². The summed E-state index contributed by atoms with van der Waals surface area (Å²) in [6.45, 7) is 3.57. The van der Waals surface area contributed by atoms with Gasteiger partial charge in [0, 0.05) is 37.1 Å². The van der Waals surface area contributed by atoms with E-state index in [1.54, 1.807) is 12.4 Å². The van der Waals surface area contributed by atoms with Crippen LogP contribution in [0.4, 0.5) is 0 Å². The molecule has 2 aromatic rings. The summed E-state index contributed by atoms with van der Waals surface area (Å²) in [4.78, 5) is 23.0. The molecule has 5 heteroatoms. The van der Waals surface area contributed by atoms with E-state index in [4.69, 9.17) is 5.73 Å². The lowest BCUT2D eigenvalue weighted by Gasteiger charge is -2.34. The average Bonchev–Trinajstić information content (AvgIpc) is 2.53. The second kappa shape index (κ2) is 5.77. The van der Waals surface area contributed by atoms with Gasteiger partial charge in [-0.1, -0.05) is 0 Å². The van der Waals surface area contributed by atoms with Crippen molar-refractivity contribution in [2.24, 2.45) is 11.7 Å². The molecule has 1 aliphatic heterocycles. The number of carbonyl (C=O) groups is 1. The molecule has 2 N–H and O–H groups in total. The molecule has 0 saturated carbocycles. The van der Waals surface area contributed by atoms with Gasteiger partial charge in [-0.05, 0) is 43.9 Å². The van der Waals surface area contributed by atoms with E-state index in [0.717, 1.165) is 37.0 Å². The van der Waals surface area contributed by atoms with E-state index in [0.29, 0.717) is 11.5 Å². The Hall–Kier alpha value is -2.01. The summed E-state index contributed by atoms with van der Waals surface area (Å²) in [7, 11) is 0. The third-order valence-corrected chi connectivity index (χ3v) is 4.20. The fourth-order valence-electron chi connectivity index (χ4n) is 2.90. The molecule has 1 saturated heterocycles. The third-order valence-electron chi connectivity index (χ3n) is 4.20. The molecule has 0 aliphatic carbocycles. The number of nitrogens with two attached hydrogens (primary N) is 1. The van der Waals surface area contributed by atoms with Crippen molar-refractivity contribution in [1.29, 1.82) is 0 Å². The summed E-state index contributed by atoms with van der Waals surface area (Å²) in [5.74, 6) is 0.454. The van der Waals surface area contributed by atoms with Crippen LogP contribution >= 0.6 is 0 Å². The normalized spacial score (nSPS) is 20.5. The van der Waals surface area contributed by atoms with Crippen molar-refractivity contribution in [2.75, 3.05) is 13.1 Å². The Morgan fingerprint density at radius 3 is 2.86 bits per heavy atom. The van der Waals surface area contributed by atoms with E-state index in [2.05, 4.69) is 9.97 Å². The zero-order valence-corrected chi connectivity index (χ0v) is 12.2. The van der Waals surface area contributed by atoms with Gasteiger partial charge < -0.3 is 10.6 Å². The number of aromatic nitrogens is 2. The van der Waals surface area contributed by atoms with Crippen LogP contribution in [0.3, 0.4) is 0 Å². The van der Waals surface area contributed by atoms with Crippen molar-refractivity contribution < 1.29 is 4.79 Å².